The fraction of sp³-hybridized carbons (Fsp3) is 0.389. The van der Waals surface area contributed by atoms with Crippen LogP contribution in [-0.2, 0) is 20.2 Å². The summed E-state index contributed by atoms with van der Waals surface area (Å²) in [4.78, 5) is 40.7. The van der Waals surface area contributed by atoms with E-state index < -0.39 is 44.5 Å². The van der Waals surface area contributed by atoms with Gasteiger partial charge in [-0.25, -0.2) is 9.55 Å². The van der Waals surface area contributed by atoms with E-state index in [0.717, 1.165) is 16.6 Å². The third-order valence-electron chi connectivity index (χ3n) is 5.15. The van der Waals surface area contributed by atoms with Gasteiger partial charge in [-0.1, -0.05) is 19.1 Å². The van der Waals surface area contributed by atoms with E-state index >= 15 is 0 Å². The Bertz CT molecular complexity index is 1320. The fourth-order valence-corrected chi connectivity index (χ4v) is 3.79. The van der Waals surface area contributed by atoms with Gasteiger partial charge in [-0.15, -0.1) is 10.2 Å². The zero-order valence-electron chi connectivity index (χ0n) is 17.7. The molecule has 4 rings (SSSR count). The normalized spacial score (nSPS) is 23.3. The number of rotatable bonds is 7. The quantitative estimate of drug-likeness (QED) is 0.194. The summed E-state index contributed by atoms with van der Waals surface area (Å²) in [6.07, 6.45) is -5.11. The first-order valence-corrected chi connectivity index (χ1v) is 11.6. The number of H-pyrrole nitrogens is 1. The van der Waals surface area contributed by atoms with Gasteiger partial charge in [0.25, 0.3) is 11.5 Å². The van der Waals surface area contributed by atoms with Crippen molar-refractivity contribution >= 4 is 36.6 Å². The molecule has 0 bridgehead atoms. The third-order valence-corrected chi connectivity index (χ3v) is 5.63. The Labute approximate surface area is 191 Å². The second kappa shape index (κ2) is 9.31. The lowest BCUT2D eigenvalue weighted by Crippen LogP contribution is -2.33. The third kappa shape index (κ3) is 4.90. The van der Waals surface area contributed by atoms with Gasteiger partial charge in [0.15, 0.2) is 17.4 Å². The molecule has 0 amide bonds. The van der Waals surface area contributed by atoms with Crippen LogP contribution in [0.15, 0.2) is 39.3 Å². The van der Waals surface area contributed by atoms with Gasteiger partial charge in [0.1, 0.15) is 18.3 Å². The summed E-state index contributed by atoms with van der Waals surface area (Å²) in [6, 6.07) is 7.21. The summed E-state index contributed by atoms with van der Waals surface area (Å²) in [7, 11) is -4.86. The van der Waals surface area contributed by atoms with E-state index in [2.05, 4.69) is 29.7 Å². The molecule has 1 aromatic carbocycles. The highest BCUT2D eigenvalue weighted by Gasteiger charge is 2.46. The summed E-state index contributed by atoms with van der Waals surface area (Å²) in [5.74, 6) is -0.433. The van der Waals surface area contributed by atoms with Gasteiger partial charge in [0.05, 0.1) is 12.3 Å². The van der Waals surface area contributed by atoms with Crippen LogP contribution in [0.4, 0.5) is 17.6 Å². The number of azo groups is 1. The number of aromatic nitrogens is 4. The summed E-state index contributed by atoms with van der Waals surface area (Å²) >= 11 is 0. The number of aryl methyl sites for hydroxylation is 1. The Balaban J connectivity index is 1.75. The number of ether oxygens (including phenoxy) is 1. The predicted octanol–water partition coefficient (Wildman–Crippen LogP) is 0.408. The minimum atomic E-state index is -4.86. The van der Waals surface area contributed by atoms with Crippen molar-refractivity contribution in [1.29, 1.82) is 0 Å². The number of aliphatic hydroxyl groups is 2. The molecule has 0 radical (unpaired) electrons. The molecule has 1 aliphatic rings. The lowest BCUT2D eigenvalue weighted by Gasteiger charge is -2.17. The number of anilines is 1. The number of imidazole rings is 1. The SMILES string of the molecule is CCc1ccc(N=Nc2nc3c(=O)[nH]c(N)nc3n2[C@@H]2O[C@H](COP(=O)(O)O)C(O)[C@@H]2O)cc1. The number of aromatic amines is 1. The van der Waals surface area contributed by atoms with Crippen LogP contribution in [0.5, 0.6) is 0 Å². The molecular formula is C18H22N7O8P. The van der Waals surface area contributed by atoms with Crippen molar-refractivity contribution in [1.82, 2.24) is 19.5 Å². The number of aliphatic hydroxyl groups excluding tert-OH is 2. The standard InChI is InChI=1S/C18H22N7O8P/c1-2-8-3-5-9(6-4-8)23-24-18-20-11-14(21-17(19)22-15(11)28)25(18)16-13(27)12(26)10(33-16)7-32-34(29,30)31/h3-6,10,12-13,16,26-27H,2,7H2,1H3,(H2,29,30,31)(H3,19,21,22,28)/t10-,12?,13+,16-/m1/s1. The molecule has 7 N–H and O–H groups in total. The Morgan fingerprint density at radius 1 is 1.21 bits per heavy atom. The summed E-state index contributed by atoms with van der Waals surface area (Å²) in [5.41, 5.74) is 6.27. The maximum Gasteiger partial charge on any atom is 0.469 e. The minimum absolute atomic E-state index is 0.107. The Morgan fingerprint density at radius 3 is 2.56 bits per heavy atom. The van der Waals surface area contributed by atoms with Crippen LogP contribution in [0, 0.1) is 0 Å². The minimum Gasteiger partial charge on any atom is -0.387 e. The predicted molar refractivity (Wildman–Crippen MR) is 116 cm³/mol. The number of nitrogens with one attached hydrogen (secondary N) is 1. The van der Waals surface area contributed by atoms with E-state index in [1.54, 1.807) is 12.1 Å². The molecule has 34 heavy (non-hydrogen) atoms. The number of phosphoric ester groups is 1. The number of nitrogens with zero attached hydrogens (tertiary/aromatic N) is 5. The molecule has 15 nitrogen and oxygen atoms in total. The van der Waals surface area contributed by atoms with Crippen molar-refractivity contribution in [3.63, 3.8) is 0 Å². The van der Waals surface area contributed by atoms with Gasteiger partial charge in [-0.05, 0) is 24.1 Å². The number of hydrogen-bond donors (Lipinski definition) is 6. The zero-order valence-corrected chi connectivity index (χ0v) is 18.6. The van der Waals surface area contributed by atoms with Crippen molar-refractivity contribution in [3.05, 3.63) is 40.2 Å². The molecule has 1 fully saturated rings. The lowest BCUT2D eigenvalue weighted by molar-refractivity contribution is -0.0496. The van der Waals surface area contributed by atoms with Crippen LogP contribution >= 0.6 is 7.82 Å². The van der Waals surface area contributed by atoms with Crippen molar-refractivity contribution < 1.29 is 33.8 Å². The van der Waals surface area contributed by atoms with E-state index in [0.29, 0.717) is 5.69 Å². The highest BCUT2D eigenvalue weighted by Crippen LogP contribution is 2.40. The van der Waals surface area contributed by atoms with Crippen LogP contribution in [0.1, 0.15) is 18.7 Å². The van der Waals surface area contributed by atoms with Crippen LogP contribution in [0.25, 0.3) is 11.2 Å². The van der Waals surface area contributed by atoms with Gasteiger partial charge >= 0.3 is 7.82 Å². The molecule has 16 heteroatoms. The van der Waals surface area contributed by atoms with Gasteiger partial charge in [0.2, 0.25) is 5.95 Å². The lowest BCUT2D eigenvalue weighted by atomic mass is 10.1. The van der Waals surface area contributed by atoms with Crippen molar-refractivity contribution in [2.75, 3.05) is 12.3 Å². The van der Waals surface area contributed by atoms with Gasteiger partial charge in [-0.3, -0.25) is 18.9 Å². The van der Waals surface area contributed by atoms with E-state index in [1.807, 2.05) is 19.1 Å². The molecular weight excluding hydrogens is 473 g/mol. The Kier molecular flexibility index (Phi) is 6.60. The topological polar surface area (TPSA) is 231 Å². The van der Waals surface area contributed by atoms with Crippen molar-refractivity contribution in [2.45, 2.75) is 37.9 Å². The van der Waals surface area contributed by atoms with Crippen LogP contribution in [0.2, 0.25) is 0 Å². The molecule has 0 spiro atoms. The Hall–Kier alpha value is -3.04. The van der Waals surface area contributed by atoms with Crippen LogP contribution in [0.3, 0.4) is 0 Å². The first-order chi connectivity index (χ1) is 16.1. The van der Waals surface area contributed by atoms with E-state index in [1.165, 1.54) is 0 Å². The molecule has 1 aliphatic heterocycles. The first kappa shape index (κ1) is 24.1. The molecule has 0 aliphatic carbocycles. The van der Waals surface area contributed by atoms with Crippen molar-refractivity contribution in [3.8, 4) is 0 Å². The monoisotopic (exact) mass is 495 g/mol. The maximum absolute atomic E-state index is 12.4. The van der Waals surface area contributed by atoms with Crippen molar-refractivity contribution in [2.24, 2.45) is 10.2 Å². The number of hydrogen-bond acceptors (Lipinski definition) is 11. The number of nitrogen functional groups attached to an aromatic ring is 1. The largest absolute Gasteiger partial charge is 0.469 e. The zero-order chi connectivity index (χ0) is 24.6. The summed E-state index contributed by atoms with van der Waals surface area (Å²) in [6.45, 7) is 1.29. The number of phosphoric acid groups is 1. The average Bonchev–Trinajstić information content (AvgIpc) is 3.28. The molecule has 2 aromatic heterocycles. The second-order valence-corrected chi connectivity index (χ2v) is 8.70. The molecule has 182 valence electrons. The van der Waals surface area contributed by atoms with E-state index in [9.17, 15) is 19.6 Å². The van der Waals surface area contributed by atoms with Gasteiger partial charge in [-0.2, -0.15) is 4.98 Å². The molecule has 3 heterocycles. The van der Waals surface area contributed by atoms with Gasteiger partial charge in [0, 0.05) is 0 Å². The highest BCUT2D eigenvalue weighted by molar-refractivity contribution is 7.46. The highest BCUT2D eigenvalue weighted by atomic mass is 31.2. The molecule has 1 saturated heterocycles. The number of nitrogens with two attached hydrogens (primary N) is 1. The maximum atomic E-state index is 12.4. The molecule has 3 aromatic rings. The van der Waals surface area contributed by atoms with E-state index in [4.69, 9.17) is 20.3 Å². The number of benzene rings is 1. The summed E-state index contributed by atoms with van der Waals surface area (Å²) in [5, 5.41) is 29.1. The molecule has 4 atom stereocenters. The summed E-state index contributed by atoms with van der Waals surface area (Å²) < 4.78 is 22.1. The second-order valence-electron chi connectivity index (χ2n) is 7.46. The smallest absolute Gasteiger partial charge is 0.387 e. The Morgan fingerprint density at radius 2 is 1.91 bits per heavy atom. The fourth-order valence-electron chi connectivity index (χ4n) is 3.45. The van der Waals surface area contributed by atoms with Gasteiger partial charge < -0.3 is 30.5 Å². The first-order valence-electron chi connectivity index (χ1n) is 10.1. The molecule has 1 unspecified atom stereocenters. The number of fused-ring (bicyclic) bond motifs is 1. The van der Waals surface area contributed by atoms with E-state index in [-0.39, 0.29) is 23.1 Å². The molecule has 0 saturated carbocycles. The average molecular weight is 495 g/mol. The van der Waals surface area contributed by atoms with Crippen LogP contribution in [-0.4, -0.2) is 64.4 Å². The van der Waals surface area contributed by atoms with Crippen LogP contribution < -0.4 is 11.3 Å².